The van der Waals surface area contributed by atoms with Crippen LogP contribution in [0.4, 0.5) is 0 Å². The van der Waals surface area contributed by atoms with Gasteiger partial charge in [-0.1, -0.05) is 29.8 Å². The van der Waals surface area contributed by atoms with Crippen LogP contribution < -0.4 is 11.3 Å². The normalized spacial score (nSPS) is 12.7. The largest absolute Gasteiger partial charge is 0.271 e. The molecule has 78 valence electrons. The summed E-state index contributed by atoms with van der Waals surface area (Å²) < 4.78 is 8.14. The van der Waals surface area contributed by atoms with Gasteiger partial charge < -0.3 is 0 Å². The zero-order chi connectivity index (χ0) is 10.7. The Morgan fingerprint density at radius 2 is 2.07 bits per heavy atom. The molecule has 1 aromatic carbocycles. The summed E-state index contributed by atoms with van der Waals surface area (Å²) in [7, 11) is 0. The van der Waals surface area contributed by atoms with Crippen molar-refractivity contribution in [3.63, 3.8) is 0 Å². The Labute approximate surface area is 92.4 Å². The molecule has 15 heavy (non-hydrogen) atoms. The summed E-state index contributed by atoms with van der Waals surface area (Å²) in [5.41, 5.74) is 5.92. The third-order valence-corrected chi connectivity index (χ3v) is 2.74. The van der Waals surface area contributed by atoms with Gasteiger partial charge >= 0.3 is 0 Å². The molecule has 0 amide bonds. The number of rotatable bonds is 3. The third kappa shape index (κ3) is 2.20. The second kappa shape index (κ2) is 4.48. The van der Waals surface area contributed by atoms with Crippen LogP contribution in [0.2, 0.25) is 0 Å². The Morgan fingerprint density at radius 1 is 1.33 bits per heavy atom. The lowest BCUT2D eigenvalue weighted by molar-refractivity contribution is 0.625. The average molecular weight is 220 g/mol. The smallest absolute Gasteiger partial charge is 0.0970 e. The van der Waals surface area contributed by atoms with Crippen molar-refractivity contribution in [3.05, 3.63) is 47.3 Å². The molecule has 0 saturated heterocycles. The van der Waals surface area contributed by atoms with E-state index in [1.165, 1.54) is 17.3 Å². The summed E-state index contributed by atoms with van der Waals surface area (Å²) in [6, 6.07) is 8.11. The van der Waals surface area contributed by atoms with Crippen LogP contribution in [0.5, 0.6) is 0 Å². The number of nitrogens with zero attached hydrogens (tertiary/aromatic N) is 2. The molecule has 0 fully saturated rings. The number of hydrogen-bond donors (Lipinski definition) is 2. The monoisotopic (exact) mass is 220 g/mol. The first-order chi connectivity index (χ1) is 7.31. The standard InChI is InChI=1S/C10H12N4S/c1-7-2-4-8(5-3-7)10(13-11)9-6-12-15-14-9/h2-6,10,13H,11H2,1H3. The van der Waals surface area contributed by atoms with Crippen LogP contribution in [-0.2, 0) is 0 Å². The van der Waals surface area contributed by atoms with Crippen molar-refractivity contribution in [1.82, 2.24) is 14.2 Å². The fraction of sp³-hybridized carbons (Fsp3) is 0.200. The molecule has 1 aromatic heterocycles. The van der Waals surface area contributed by atoms with Crippen molar-refractivity contribution in [1.29, 1.82) is 0 Å². The molecular weight excluding hydrogens is 208 g/mol. The van der Waals surface area contributed by atoms with Gasteiger partial charge in [-0.25, -0.2) is 5.43 Å². The molecule has 0 bridgehead atoms. The molecular formula is C10H12N4S. The maximum atomic E-state index is 5.52. The van der Waals surface area contributed by atoms with Gasteiger partial charge in [0.05, 0.1) is 29.7 Å². The quantitative estimate of drug-likeness (QED) is 0.606. The van der Waals surface area contributed by atoms with Gasteiger partial charge in [-0.05, 0) is 12.5 Å². The zero-order valence-corrected chi connectivity index (χ0v) is 9.16. The lowest BCUT2D eigenvalue weighted by Gasteiger charge is -2.13. The molecule has 5 heteroatoms. The molecule has 0 radical (unpaired) electrons. The summed E-state index contributed by atoms with van der Waals surface area (Å²) in [6.45, 7) is 2.05. The summed E-state index contributed by atoms with van der Waals surface area (Å²) in [6.07, 6.45) is 1.73. The number of nitrogens with two attached hydrogens (primary N) is 1. The van der Waals surface area contributed by atoms with Crippen LogP contribution in [0.1, 0.15) is 22.9 Å². The van der Waals surface area contributed by atoms with E-state index >= 15 is 0 Å². The van der Waals surface area contributed by atoms with Crippen LogP contribution in [0.15, 0.2) is 30.5 Å². The predicted molar refractivity (Wildman–Crippen MR) is 60.3 cm³/mol. The van der Waals surface area contributed by atoms with Gasteiger partial charge in [-0.2, -0.15) is 8.75 Å². The van der Waals surface area contributed by atoms with Crippen molar-refractivity contribution in [2.45, 2.75) is 13.0 Å². The maximum Gasteiger partial charge on any atom is 0.0970 e. The molecule has 2 aromatic rings. The molecule has 1 heterocycles. The van der Waals surface area contributed by atoms with Gasteiger partial charge in [0.2, 0.25) is 0 Å². The Balaban J connectivity index is 2.31. The Kier molecular flexibility index (Phi) is 3.05. The summed E-state index contributed by atoms with van der Waals surface area (Å²) in [4.78, 5) is 0. The van der Waals surface area contributed by atoms with Crippen molar-refractivity contribution >= 4 is 11.7 Å². The van der Waals surface area contributed by atoms with E-state index in [9.17, 15) is 0 Å². The molecule has 1 unspecified atom stereocenters. The number of benzene rings is 1. The van der Waals surface area contributed by atoms with E-state index in [-0.39, 0.29) is 6.04 Å². The highest BCUT2D eigenvalue weighted by molar-refractivity contribution is 6.99. The van der Waals surface area contributed by atoms with Gasteiger partial charge in [0.1, 0.15) is 0 Å². The first-order valence-corrected chi connectivity index (χ1v) is 5.34. The summed E-state index contributed by atoms with van der Waals surface area (Å²) in [5, 5.41) is 0. The van der Waals surface area contributed by atoms with Crippen molar-refractivity contribution in [2.24, 2.45) is 5.84 Å². The Bertz CT molecular complexity index is 409. The topological polar surface area (TPSA) is 63.8 Å². The van der Waals surface area contributed by atoms with Crippen LogP contribution in [0.3, 0.4) is 0 Å². The van der Waals surface area contributed by atoms with E-state index in [1.54, 1.807) is 6.20 Å². The number of nitrogens with one attached hydrogen (secondary N) is 1. The summed E-state index contributed by atoms with van der Waals surface area (Å²) in [5.74, 6) is 5.52. The van der Waals surface area contributed by atoms with E-state index in [4.69, 9.17) is 5.84 Å². The van der Waals surface area contributed by atoms with Crippen molar-refractivity contribution in [2.75, 3.05) is 0 Å². The highest BCUT2D eigenvalue weighted by Gasteiger charge is 2.14. The van der Waals surface area contributed by atoms with Gasteiger partial charge in [0.15, 0.2) is 0 Å². The van der Waals surface area contributed by atoms with Gasteiger partial charge in [0.25, 0.3) is 0 Å². The van der Waals surface area contributed by atoms with Crippen molar-refractivity contribution in [3.8, 4) is 0 Å². The van der Waals surface area contributed by atoms with Crippen LogP contribution in [-0.4, -0.2) is 8.75 Å². The molecule has 0 aliphatic heterocycles. The van der Waals surface area contributed by atoms with E-state index < -0.39 is 0 Å². The number of hydrogen-bond acceptors (Lipinski definition) is 5. The first kappa shape index (κ1) is 10.2. The minimum absolute atomic E-state index is 0.0793. The average Bonchev–Trinajstić information content (AvgIpc) is 2.75. The second-order valence-corrected chi connectivity index (χ2v) is 3.90. The molecule has 4 nitrogen and oxygen atoms in total. The molecule has 2 rings (SSSR count). The Morgan fingerprint density at radius 3 is 2.60 bits per heavy atom. The Hall–Kier alpha value is -1.30. The van der Waals surface area contributed by atoms with Crippen molar-refractivity contribution < 1.29 is 0 Å². The minimum atomic E-state index is -0.0793. The van der Waals surface area contributed by atoms with E-state index in [0.29, 0.717) is 0 Å². The van der Waals surface area contributed by atoms with Gasteiger partial charge in [0, 0.05) is 0 Å². The zero-order valence-electron chi connectivity index (χ0n) is 8.34. The highest BCUT2D eigenvalue weighted by atomic mass is 32.1. The molecule has 1 atom stereocenters. The molecule has 0 aliphatic carbocycles. The number of hydrazine groups is 1. The number of aryl methyl sites for hydroxylation is 1. The highest BCUT2D eigenvalue weighted by Crippen LogP contribution is 2.19. The van der Waals surface area contributed by atoms with Gasteiger partial charge in [-0.3, -0.25) is 5.84 Å². The van der Waals surface area contributed by atoms with E-state index in [2.05, 4.69) is 33.2 Å². The van der Waals surface area contributed by atoms with E-state index in [0.717, 1.165) is 11.3 Å². The SMILES string of the molecule is Cc1ccc(C(NN)c2cnsn2)cc1. The molecule has 0 spiro atoms. The maximum absolute atomic E-state index is 5.52. The van der Waals surface area contributed by atoms with Gasteiger partial charge in [-0.15, -0.1) is 0 Å². The third-order valence-electron chi connectivity index (χ3n) is 2.25. The fourth-order valence-electron chi connectivity index (χ4n) is 1.41. The lowest BCUT2D eigenvalue weighted by Crippen LogP contribution is -2.29. The van der Waals surface area contributed by atoms with Crippen LogP contribution >= 0.6 is 11.7 Å². The first-order valence-electron chi connectivity index (χ1n) is 4.61. The minimum Gasteiger partial charge on any atom is -0.271 e. The predicted octanol–water partition coefficient (Wildman–Crippen LogP) is 1.40. The molecule has 0 saturated carbocycles. The number of aromatic nitrogens is 2. The second-order valence-electron chi connectivity index (χ2n) is 3.34. The van der Waals surface area contributed by atoms with E-state index in [1.807, 2.05) is 12.1 Å². The summed E-state index contributed by atoms with van der Waals surface area (Å²) >= 11 is 1.19. The lowest BCUT2D eigenvalue weighted by atomic mass is 10.0. The van der Waals surface area contributed by atoms with Crippen LogP contribution in [0.25, 0.3) is 0 Å². The molecule has 0 aliphatic rings. The van der Waals surface area contributed by atoms with Crippen LogP contribution in [0, 0.1) is 6.92 Å². The molecule has 3 N–H and O–H groups in total. The fourth-order valence-corrected chi connectivity index (χ4v) is 1.86.